The van der Waals surface area contributed by atoms with Gasteiger partial charge in [0.25, 0.3) is 5.91 Å². The number of carbonyl (C=O) groups is 1. The molecule has 0 aromatic heterocycles. The van der Waals surface area contributed by atoms with Crippen LogP contribution in [-0.2, 0) is 0 Å². The first kappa shape index (κ1) is 16.3. The van der Waals surface area contributed by atoms with E-state index in [0.29, 0.717) is 12.5 Å². The molecule has 2 aromatic rings. The minimum Gasteiger partial charge on any atom is -0.493 e. The van der Waals surface area contributed by atoms with Crippen LogP contribution in [0.2, 0.25) is 0 Å². The molecule has 0 N–H and O–H groups in total. The number of piperidine rings is 1. The van der Waals surface area contributed by atoms with E-state index in [0.717, 1.165) is 40.8 Å². The number of likely N-dealkylation sites (tertiary alicyclic amines) is 1. The number of rotatable bonds is 4. The van der Waals surface area contributed by atoms with E-state index in [1.165, 1.54) is 0 Å². The van der Waals surface area contributed by atoms with Gasteiger partial charge in [-0.1, -0.05) is 30.3 Å². The van der Waals surface area contributed by atoms with Gasteiger partial charge in [-0.05, 0) is 59.7 Å². The summed E-state index contributed by atoms with van der Waals surface area (Å²) in [6, 6.07) is 17.7. The molecule has 120 valence electrons. The highest BCUT2D eigenvalue weighted by Crippen LogP contribution is 2.22. The molecular weight excluding hydrogens is 401 g/mol. The van der Waals surface area contributed by atoms with E-state index in [-0.39, 0.29) is 5.91 Å². The molecule has 1 aliphatic rings. The molecule has 1 unspecified atom stereocenters. The van der Waals surface area contributed by atoms with Gasteiger partial charge in [-0.25, -0.2) is 0 Å². The van der Waals surface area contributed by atoms with Gasteiger partial charge in [0.15, 0.2) is 0 Å². The second kappa shape index (κ2) is 7.81. The standard InChI is InChI=1S/C19H20INO2/c20-18-11-5-4-10-17(18)19(22)21-12-6-7-15(13-21)14-23-16-8-2-1-3-9-16/h1-5,8-11,15H,6-7,12-14H2. The number of amides is 1. The minimum absolute atomic E-state index is 0.138. The number of para-hydroxylation sites is 1. The van der Waals surface area contributed by atoms with Crippen molar-refractivity contribution in [1.29, 1.82) is 0 Å². The molecule has 1 atom stereocenters. The maximum atomic E-state index is 12.7. The molecule has 23 heavy (non-hydrogen) atoms. The van der Waals surface area contributed by atoms with Crippen LogP contribution in [0.15, 0.2) is 54.6 Å². The van der Waals surface area contributed by atoms with Crippen LogP contribution < -0.4 is 4.74 Å². The second-order valence-corrected chi connectivity index (χ2v) is 7.03. The molecule has 3 nitrogen and oxygen atoms in total. The maximum Gasteiger partial charge on any atom is 0.254 e. The Kier molecular flexibility index (Phi) is 5.54. The van der Waals surface area contributed by atoms with E-state index in [4.69, 9.17) is 4.74 Å². The first-order valence-electron chi connectivity index (χ1n) is 7.95. The summed E-state index contributed by atoms with van der Waals surface area (Å²) >= 11 is 2.23. The average molecular weight is 421 g/mol. The van der Waals surface area contributed by atoms with E-state index in [1.807, 2.05) is 59.5 Å². The van der Waals surface area contributed by atoms with E-state index < -0.39 is 0 Å². The van der Waals surface area contributed by atoms with Gasteiger partial charge in [-0.15, -0.1) is 0 Å². The van der Waals surface area contributed by atoms with E-state index in [9.17, 15) is 4.79 Å². The quantitative estimate of drug-likeness (QED) is 0.692. The predicted octanol–water partition coefficient (Wildman–Crippen LogP) is 4.22. The van der Waals surface area contributed by atoms with Crippen molar-refractivity contribution in [1.82, 2.24) is 4.90 Å². The maximum absolute atomic E-state index is 12.7. The van der Waals surface area contributed by atoms with E-state index in [2.05, 4.69) is 22.6 Å². The summed E-state index contributed by atoms with van der Waals surface area (Å²) in [6.45, 7) is 2.28. The van der Waals surface area contributed by atoms with E-state index >= 15 is 0 Å². The molecule has 1 heterocycles. The second-order valence-electron chi connectivity index (χ2n) is 5.86. The van der Waals surface area contributed by atoms with Gasteiger partial charge in [0, 0.05) is 22.6 Å². The van der Waals surface area contributed by atoms with Crippen molar-refractivity contribution in [2.75, 3.05) is 19.7 Å². The SMILES string of the molecule is O=C(c1ccccc1I)N1CCCC(COc2ccccc2)C1. The van der Waals surface area contributed by atoms with Crippen LogP contribution in [0.1, 0.15) is 23.2 Å². The molecule has 1 saturated heterocycles. The Bertz CT molecular complexity index is 659. The highest BCUT2D eigenvalue weighted by molar-refractivity contribution is 14.1. The number of halogens is 1. The summed E-state index contributed by atoms with van der Waals surface area (Å²) in [5.74, 6) is 1.43. The van der Waals surface area contributed by atoms with Gasteiger partial charge in [0.2, 0.25) is 0 Å². The third-order valence-electron chi connectivity index (χ3n) is 4.14. The van der Waals surface area contributed by atoms with Gasteiger partial charge in [-0.2, -0.15) is 0 Å². The molecular formula is C19H20INO2. The van der Waals surface area contributed by atoms with Gasteiger partial charge in [0.1, 0.15) is 5.75 Å². The lowest BCUT2D eigenvalue weighted by Gasteiger charge is -2.33. The van der Waals surface area contributed by atoms with Gasteiger partial charge in [-0.3, -0.25) is 4.79 Å². The van der Waals surface area contributed by atoms with Crippen molar-refractivity contribution in [3.05, 3.63) is 63.7 Å². The lowest BCUT2D eigenvalue weighted by Crippen LogP contribution is -2.41. The van der Waals surface area contributed by atoms with Crippen LogP contribution in [0.25, 0.3) is 0 Å². The molecule has 0 spiro atoms. The van der Waals surface area contributed by atoms with E-state index in [1.54, 1.807) is 0 Å². The van der Waals surface area contributed by atoms with Crippen LogP contribution in [0.3, 0.4) is 0 Å². The molecule has 1 amide bonds. The molecule has 3 rings (SSSR count). The first-order valence-corrected chi connectivity index (χ1v) is 9.03. The Balaban J connectivity index is 1.60. The van der Waals surface area contributed by atoms with Gasteiger partial charge < -0.3 is 9.64 Å². The fourth-order valence-electron chi connectivity index (χ4n) is 2.92. The summed E-state index contributed by atoms with van der Waals surface area (Å²) in [7, 11) is 0. The molecule has 1 fully saturated rings. The largest absolute Gasteiger partial charge is 0.493 e. The number of carbonyl (C=O) groups excluding carboxylic acids is 1. The van der Waals surface area contributed by atoms with Crippen LogP contribution in [0, 0.1) is 9.49 Å². The number of benzene rings is 2. The molecule has 1 aliphatic heterocycles. The fraction of sp³-hybridized carbons (Fsp3) is 0.316. The molecule has 0 saturated carbocycles. The number of hydrogen-bond donors (Lipinski definition) is 0. The minimum atomic E-state index is 0.138. The predicted molar refractivity (Wildman–Crippen MR) is 99.7 cm³/mol. The molecule has 0 aliphatic carbocycles. The Morgan fingerprint density at radius 2 is 1.87 bits per heavy atom. The highest BCUT2D eigenvalue weighted by Gasteiger charge is 2.25. The Hall–Kier alpha value is -1.56. The zero-order valence-corrected chi connectivity index (χ0v) is 15.1. The van der Waals surface area contributed by atoms with Crippen LogP contribution in [0.4, 0.5) is 0 Å². The van der Waals surface area contributed by atoms with Crippen molar-refractivity contribution >= 4 is 28.5 Å². The van der Waals surface area contributed by atoms with Crippen LogP contribution in [0.5, 0.6) is 5.75 Å². The number of nitrogens with zero attached hydrogens (tertiary/aromatic N) is 1. The van der Waals surface area contributed by atoms with Gasteiger partial charge in [0.05, 0.1) is 12.2 Å². The highest BCUT2D eigenvalue weighted by atomic mass is 127. The summed E-state index contributed by atoms with van der Waals surface area (Å²) in [5, 5.41) is 0. The van der Waals surface area contributed by atoms with Crippen LogP contribution >= 0.6 is 22.6 Å². The third kappa shape index (κ3) is 4.25. The molecule has 2 aromatic carbocycles. The topological polar surface area (TPSA) is 29.5 Å². The third-order valence-corrected chi connectivity index (χ3v) is 5.08. The fourth-order valence-corrected chi connectivity index (χ4v) is 3.54. The van der Waals surface area contributed by atoms with Crippen molar-refractivity contribution < 1.29 is 9.53 Å². The Morgan fingerprint density at radius 1 is 1.13 bits per heavy atom. The van der Waals surface area contributed by atoms with Crippen molar-refractivity contribution in [2.45, 2.75) is 12.8 Å². The average Bonchev–Trinajstić information content (AvgIpc) is 2.61. The van der Waals surface area contributed by atoms with Crippen LogP contribution in [-0.4, -0.2) is 30.5 Å². The van der Waals surface area contributed by atoms with Crippen molar-refractivity contribution in [3.63, 3.8) is 0 Å². The molecule has 0 radical (unpaired) electrons. The summed E-state index contributed by atoms with van der Waals surface area (Å²) in [4.78, 5) is 14.7. The Morgan fingerprint density at radius 3 is 2.65 bits per heavy atom. The molecule has 4 heteroatoms. The number of ether oxygens (including phenoxy) is 1. The lowest BCUT2D eigenvalue weighted by atomic mass is 9.98. The Labute approximate surface area is 150 Å². The zero-order valence-electron chi connectivity index (χ0n) is 13.0. The summed E-state index contributed by atoms with van der Waals surface area (Å²) in [5.41, 5.74) is 0.803. The van der Waals surface area contributed by atoms with Gasteiger partial charge >= 0.3 is 0 Å². The first-order chi connectivity index (χ1) is 11.2. The normalized spacial score (nSPS) is 17.8. The molecule has 0 bridgehead atoms. The number of hydrogen-bond acceptors (Lipinski definition) is 2. The lowest BCUT2D eigenvalue weighted by molar-refractivity contribution is 0.0632. The summed E-state index contributed by atoms with van der Waals surface area (Å²) < 4.78 is 6.88. The monoisotopic (exact) mass is 421 g/mol. The van der Waals surface area contributed by atoms with Crippen molar-refractivity contribution in [3.8, 4) is 5.75 Å². The van der Waals surface area contributed by atoms with Crippen molar-refractivity contribution in [2.24, 2.45) is 5.92 Å². The summed E-state index contributed by atoms with van der Waals surface area (Å²) in [6.07, 6.45) is 2.15. The zero-order chi connectivity index (χ0) is 16.1. The smallest absolute Gasteiger partial charge is 0.254 e.